The number of amides is 1. The summed E-state index contributed by atoms with van der Waals surface area (Å²) in [6.07, 6.45) is 0.784. The van der Waals surface area contributed by atoms with Gasteiger partial charge in [0.05, 0.1) is 26.4 Å². The Morgan fingerprint density at radius 3 is 2.48 bits per heavy atom. The summed E-state index contributed by atoms with van der Waals surface area (Å²) in [7, 11) is 1.36. The van der Waals surface area contributed by atoms with Crippen LogP contribution in [0.15, 0.2) is 54.6 Å². The molecule has 0 aliphatic carbocycles. The van der Waals surface area contributed by atoms with Gasteiger partial charge in [0.15, 0.2) is 0 Å². The number of hydrogen-bond donors (Lipinski definition) is 0. The SMILES string of the molecule is COC(=O)CC[C@H]1COCCN1C(=O)c1ccc(Oc2ccccc2)cc1. The molecule has 1 amide bonds. The van der Waals surface area contributed by atoms with Crippen LogP contribution in [0.4, 0.5) is 0 Å². The van der Waals surface area contributed by atoms with E-state index in [4.69, 9.17) is 9.47 Å². The van der Waals surface area contributed by atoms with Crippen molar-refractivity contribution >= 4 is 11.9 Å². The highest BCUT2D eigenvalue weighted by atomic mass is 16.5. The number of nitrogens with zero attached hydrogens (tertiary/aromatic N) is 1. The summed E-state index contributed by atoms with van der Waals surface area (Å²) in [6, 6.07) is 16.4. The zero-order chi connectivity index (χ0) is 19.1. The van der Waals surface area contributed by atoms with Crippen LogP contribution in [0.2, 0.25) is 0 Å². The fraction of sp³-hybridized carbons (Fsp3) is 0.333. The summed E-state index contributed by atoms with van der Waals surface area (Å²) in [6.45, 7) is 1.43. The Morgan fingerprint density at radius 1 is 1.07 bits per heavy atom. The van der Waals surface area contributed by atoms with Crippen LogP contribution >= 0.6 is 0 Å². The molecule has 2 aromatic rings. The maximum Gasteiger partial charge on any atom is 0.305 e. The first-order valence-corrected chi connectivity index (χ1v) is 8.96. The highest BCUT2D eigenvalue weighted by Gasteiger charge is 2.28. The molecular weight excluding hydrogens is 346 g/mol. The van der Waals surface area contributed by atoms with Crippen molar-refractivity contribution in [2.45, 2.75) is 18.9 Å². The van der Waals surface area contributed by atoms with Crippen LogP contribution in [-0.4, -0.2) is 49.7 Å². The van der Waals surface area contributed by atoms with Crippen LogP contribution in [0.5, 0.6) is 11.5 Å². The first-order valence-electron chi connectivity index (χ1n) is 8.96. The Morgan fingerprint density at radius 2 is 1.78 bits per heavy atom. The van der Waals surface area contributed by atoms with Gasteiger partial charge in [-0.1, -0.05) is 18.2 Å². The summed E-state index contributed by atoms with van der Waals surface area (Å²) in [5.41, 5.74) is 0.584. The van der Waals surface area contributed by atoms with E-state index in [2.05, 4.69) is 4.74 Å². The molecule has 0 saturated carbocycles. The fourth-order valence-corrected chi connectivity index (χ4v) is 3.00. The number of carbonyl (C=O) groups excluding carboxylic acids is 2. The lowest BCUT2D eigenvalue weighted by Gasteiger charge is -2.35. The molecule has 6 heteroatoms. The summed E-state index contributed by atoms with van der Waals surface area (Å²) >= 11 is 0. The predicted octanol–water partition coefficient (Wildman–Crippen LogP) is 3.27. The number of rotatable bonds is 6. The largest absolute Gasteiger partial charge is 0.469 e. The van der Waals surface area contributed by atoms with Gasteiger partial charge in [-0.25, -0.2) is 0 Å². The number of benzene rings is 2. The highest BCUT2D eigenvalue weighted by molar-refractivity contribution is 5.94. The van der Waals surface area contributed by atoms with Gasteiger partial charge in [-0.05, 0) is 42.8 Å². The van der Waals surface area contributed by atoms with Gasteiger partial charge in [-0.3, -0.25) is 9.59 Å². The average Bonchev–Trinajstić information content (AvgIpc) is 2.73. The molecule has 0 spiro atoms. The van der Waals surface area contributed by atoms with Gasteiger partial charge in [0.25, 0.3) is 5.91 Å². The van der Waals surface area contributed by atoms with Gasteiger partial charge < -0.3 is 19.1 Å². The van der Waals surface area contributed by atoms with E-state index in [1.807, 2.05) is 30.3 Å². The van der Waals surface area contributed by atoms with Crippen molar-refractivity contribution in [1.82, 2.24) is 4.90 Å². The molecule has 1 atom stereocenters. The second-order valence-corrected chi connectivity index (χ2v) is 6.28. The average molecular weight is 369 g/mol. The first kappa shape index (κ1) is 18.9. The molecule has 3 rings (SSSR count). The minimum Gasteiger partial charge on any atom is -0.469 e. The Hall–Kier alpha value is -2.86. The van der Waals surface area contributed by atoms with Crippen LogP contribution in [0, 0.1) is 0 Å². The summed E-state index contributed by atoms with van der Waals surface area (Å²) in [4.78, 5) is 26.1. The van der Waals surface area contributed by atoms with Crippen LogP contribution < -0.4 is 4.74 Å². The maximum atomic E-state index is 12.9. The molecular formula is C21H23NO5. The van der Waals surface area contributed by atoms with Crippen molar-refractivity contribution in [3.8, 4) is 11.5 Å². The number of methoxy groups -OCH3 is 1. The van der Waals surface area contributed by atoms with E-state index in [0.29, 0.717) is 37.5 Å². The smallest absolute Gasteiger partial charge is 0.305 e. The Balaban J connectivity index is 1.65. The minimum absolute atomic E-state index is 0.0700. The van der Waals surface area contributed by atoms with Crippen LogP contribution in [0.1, 0.15) is 23.2 Å². The predicted molar refractivity (Wildman–Crippen MR) is 99.9 cm³/mol. The standard InChI is InChI=1S/C21H23NO5/c1-25-20(23)12-9-17-15-26-14-13-22(17)21(24)16-7-10-19(11-8-16)27-18-5-3-2-4-6-18/h2-8,10-11,17H,9,12-15H2,1H3/t17-/m0/s1. The molecule has 142 valence electrons. The van der Waals surface area contributed by atoms with E-state index in [-0.39, 0.29) is 24.3 Å². The Kier molecular flexibility index (Phi) is 6.44. The monoisotopic (exact) mass is 369 g/mol. The van der Waals surface area contributed by atoms with Crippen LogP contribution in [0.25, 0.3) is 0 Å². The molecule has 1 aliphatic heterocycles. The van der Waals surface area contributed by atoms with E-state index < -0.39 is 0 Å². The third-order valence-corrected chi connectivity index (χ3v) is 4.48. The van der Waals surface area contributed by atoms with Crippen LogP contribution in [-0.2, 0) is 14.3 Å². The molecule has 0 unspecified atom stereocenters. The zero-order valence-corrected chi connectivity index (χ0v) is 15.3. The number of esters is 1. The third kappa shape index (κ3) is 5.08. The zero-order valence-electron chi connectivity index (χ0n) is 15.3. The van der Waals surface area contributed by atoms with Gasteiger partial charge in [-0.15, -0.1) is 0 Å². The van der Waals surface area contributed by atoms with Crippen molar-refractivity contribution in [2.24, 2.45) is 0 Å². The molecule has 1 aliphatic rings. The summed E-state index contributed by atoms with van der Waals surface area (Å²) < 4.78 is 15.9. The second-order valence-electron chi connectivity index (χ2n) is 6.28. The topological polar surface area (TPSA) is 65.1 Å². The number of carbonyl (C=O) groups is 2. The van der Waals surface area contributed by atoms with E-state index in [0.717, 1.165) is 5.75 Å². The van der Waals surface area contributed by atoms with Crippen molar-refractivity contribution in [1.29, 1.82) is 0 Å². The molecule has 1 heterocycles. The summed E-state index contributed by atoms with van der Waals surface area (Å²) in [5, 5.41) is 0. The van der Waals surface area contributed by atoms with Gasteiger partial charge in [0, 0.05) is 18.5 Å². The third-order valence-electron chi connectivity index (χ3n) is 4.48. The molecule has 6 nitrogen and oxygen atoms in total. The molecule has 0 N–H and O–H groups in total. The number of para-hydroxylation sites is 1. The summed E-state index contributed by atoms with van der Waals surface area (Å²) in [5.74, 6) is 1.06. The highest BCUT2D eigenvalue weighted by Crippen LogP contribution is 2.23. The van der Waals surface area contributed by atoms with Gasteiger partial charge in [-0.2, -0.15) is 0 Å². The van der Waals surface area contributed by atoms with E-state index in [9.17, 15) is 9.59 Å². The Bertz CT molecular complexity index is 760. The van der Waals surface area contributed by atoms with Crippen LogP contribution in [0.3, 0.4) is 0 Å². The van der Waals surface area contributed by atoms with Crippen molar-refractivity contribution < 1.29 is 23.8 Å². The lowest BCUT2D eigenvalue weighted by molar-refractivity contribution is -0.141. The van der Waals surface area contributed by atoms with Crippen molar-refractivity contribution in [3.63, 3.8) is 0 Å². The lowest BCUT2D eigenvalue weighted by Crippen LogP contribution is -2.48. The normalized spacial score (nSPS) is 16.6. The molecule has 1 saturated heterocycles. The molecule has 1 fully saturated rings. The van der Waals surface area contributed by atoms with E-state index >= 15 is 0 Å². The lowest BCUT2D eigenvalue weighted by atomic mass is 10.1. The van der Waals surface area contributed by atoms with Crippen molar-refractivity contribution in [3.05, 3.63) is 60.2 Å². The molecule has 0 radical (unpaired) electrons. The van der Waals surface area contributed by atoms with Crippen molar-refractivity contribution in [2.75, 3.05) is 26.9 Å². The maximum absolute atomic E-state index is 12.9. The van der Waals surface area contributed by atoms with Gasteiger partial charge in [0.1, 0.15) is 11.5 Å². The second kappa shape index (κ2) is 9.19. The molecule has 2 aromatic carbocycles. The van der Waals surface area contributed by atoms with E-state index in [1.165, 1.54) is 7.11 Å². The molecule has 0 aromatic heterocycles. The quantitative estimate of drug-likeness (QED) is 0.731. The number of ether oxygens (including phenoxy) is 3. The van der Waals surface area contributed by atoms with Gasteiger partial charge >= 0.3 is 5.97 Å². The van der Waals surface area contributed by atoms with Gasteiger partial charge in [0.2, 0.25) is 0 Å². The fourth-order valence-electron chi connectivity index (χ4n) is 3.00. The number of morpholine rings is 1. The number of hydrogen-bond acceptors (Lipinski definition) is 5. The molecule has 27 heavy (non-hydrogen) atoms. The first-order chi connectivity index (χ1) is 13.2. The Labute approximate surface area is 158 Å². The van der Waals surface area contributed by atoms with E-state index in [1.54, 1.807) is 29.2 Å². The molecule has 0 bridgehead atoms. The minimum atomic E-state index is -0.282.